The molecule has 0 aliphatic carbocycles. The van der Waals surface area contributed by atoms with Gasteiger partial charge in [-0.25, -0.2) is 4.79 Å². The largest absolute Gasteiger partial charge is 0.478 e. The fourth-order valence-electron chi connectivity index (χ4n) is 1.59. The Kier molecular flexibility index (Phi) is 4.26. The van der Waals surface area contributed by atoms with E-state index in [-0.39, 0.29) is 27.8 Å². The fourth-order valence-corrected chi connectivity index (χ4v) is 2.13. The first-order chi connectivity index (χ1) is 9.47. The molecule has 8 heteroatoms. The average molecular weight is 314 g/mol. The molecule has 6 nitrogen and oxygen atoms in total. The van der Waals surface area contributed by atoms with Crippen molar-refractivity contribution in [2.75, 3.05) is 5.32 Å². The van der Waals surface area contributed by atoms with Gasteiger partial charge in [-0.1, -0.05) is 23.2 Å². The van der Waals surface area contributed by atoms with Crippen LogP contribution < -0.4 is 5.32 Å². The third kappa shape index (κ3) is 3.28. The molecule has 2 aromatic rings. The van der Waals surface area contributed by atoms with Crippen LogP contribution in [0, 0.1) is 0 Å². The van der Waals surface area contributed by atoms with Crippen LogP contribution in [0.15, 0.2) is 30.6 Å². The summed E-state index contributed by atoms with van der Waals surface area (Å²) in [7, 11) is 0. The van der Waals surface area contributed by atoms with E-state index in [1.165, 1.54) is 23.0 Å². The number of hydrogen-bond acceptors (Lipinski definition) is 3. The Balaban J connectivity index is 2.24. The lowest BCUT2D eigenvalue weighted by Gasteiger charge is -2.11. The summed E-state index contributed by atoms with van der Waals surface area (Å²) in [5.41, 5.74) is -0.156. The lowest BCUT2D eigenvalue weighted by atomic mass is 10.1. The summed E-state index contributed by atoms with van der Waals surface area (Å²) < 4.78 is 1.40. The molecule has 20 heavy (non-hydrogen) atoms. The molecular weight excluding hydrogens is 305 g/mol. The van der Waals surface area contributed by atoms with Gasteiger partial charge in [0.2, 0.25) is 5.91 Å². The minimum Gasteiger partial charge on any atom is -0.478 e. The van der Waals surface area contributed by atoms with Gasteiger partial charge < -0.3 is 10.4 Å². The number of amides is 1. The van der Waals surface area contributed by atoms with E-state index in [0.29, 0.717) is 0 Å². The average Bonchev–Trinajstić information content (AvgIpc) is 2.84. The van der Waals surface area contributed by atoms with Crippen molar-refractivity contribution in [2.45, 2.75) is 6.54 Å². The van der Waals surface area contributed by atoms with E-state index in [2.05, 4.69) is 10.4 Å². The van der Waals surface area contributed by atoms with Crippen LogP contribution in [0.5, 0.6) is 0 Å². The Morgan fingerprint density at radius 3 is 2.70 bits per heavy atom. The van der Waals surface area contributed by atoms with Gasteiger partial charge in [-0.3, -0.25) is 9.48 Å². The van der Waals surface area contributed by atoms with Crippen LogP contribution in [0.3, 0.4) is 0 Å². The quantitative estimate of drug-likeness (QED) is 0.908. The first-order valence-electron chi connectivity index (χ1n) is 5.47. The van der Waals surface area contributed by atoms with Crippen LogP contribution in [-0.4, -0.2) is 26.8 Å². The number of rotatable bonds is 4. The number of carbonyl (C=O) groups is 2. The van der Waals surface area contributed by atoms with Crippen LogP contribution >= 0.6 is 23.2 Å². The molecule has 0 spiro atoms. The molecule has 0 fully saturated rings. The highest BCUT2D eigenvalue weighted by Gasteiger charge is 2.17. The number of hydrogen-bond donors (Lipinski definition) is 2. The number of aromatic nitrogens is 2. The number of benzene rings is 1. The summed E-state index contributed by atoms with van der Waals surface area (Å²) in [6.45, 7) is -0.0506. The SMILES string of the molecule is O=C(Cn1cccn1)Nc1c(Cl)cc(Cl)cc1C(=O)O. The van der Waals surface area contributed by atoms with Crippen LogP contribution in [0.4, 0.5) is 5.69 Å². The Bertz CT molecular complexity index is 656. The second-order valence-corrected chi connectivity index (χ2v) is 4.71. The fraction of sp³-hybridized carbons (Fsp3) is 0.0833. The standard InChI is InChI=1S/C12H9Cl2N3O3/c13-7-4-8(12(19)20)11(9(14)5-7)16-10(18)6-17-3-1-2-15-17/h1-5H,6H2,(H,16,18)(H,19,20). The molecule has 2 N–H and O–H groups in total. The third-order valence-corrected chi connectivity index (χ3v) is 2.93. The van der Waals surface area contributed by atoms with E-state index >= 15 is 0 Å². The van der Waals surface area contributed by atoms with Crippen molar-refractivity contribution in [3.05, 3.63) is 46.2 Å². The summed E-state index contributed by atoms with van der Waals surface area (Å²) >= 11 is 11.7. The van der Waals surface area contributed by atoms with Crippen molar-refractivity contribution in [2.24, 2.45) is 0 Å². The molecule has 1 aromatic heterocycles. The van der Waals surface area contributed by atoms with Crippen molar-refractivity contribution < 1.29 is 14.7 Å². The highest BCUT2D eigenvalue weighted by atomic mass is 35.5. The molecule has 0 saturated heterocycles. The molecular formula is C12H9Cl2N3O3. The van der Waals surface area contributed by atoms with Gasteiger partial charge in [0.05, 0.1) is 16.3 Å². The Morgan fingerprint density at radius 1 is 1.35 bits per heavy atom. The zero-order valence-corrected chi connectivity index (χ0v) is 11.5. The number of carbonyl (C=O) groups excluding carboxylic acids is 1. The maximum absolute atomic E-state index is 11.8. The molecule has 0 aliphatic heterocycles. The second kappa shape index (κ2) is 5.94. The van der Waals surface area contributed by atoms with E-state index in [4.69, 9.17) is 28.3 Å². The smallest absolute Gasteiger partial charge is 0.337 e. The summed E-state index contributed by atoms with van der Waals surface area (Å²) in [6.07, 6.45) is 3.15. The van der Waals surface area contributed by atoms with Crippen LogP contribution in [0.1, 0.15) is 10.4 Å². The van der Waals surface area contributed by atoms with Crippen LogP contribution in [0.25, 0.3) is 0 Å². The summed E-state index contributed by atoms with van der Waals surface area (Å²) in [5.74, 6) is -1.68. The van der Waals surface area contributed by atoms with Crippen molar-refractivity contribution in [3.8, 4) is 0 Å². The van der Waals surface area contributed by atoms with Crippen molar-refractivity contribution in [1.29, 1.82) is 0 Å². The number of carboxylic acids is 1. The summed E-state index contributed by atoms with van der Waals surface area (Å²) in [6, 6.07) is 4.25. The molecule has 0 radical (unpaired) electrons. The zero-order chi connectivity index (χ0) is 14.7. The molecule has 0 aliphatic rings. The molecule has 1 amide bonds. The maximum Gasteiger partial charge on any atom is 0.337 e. The molecule has 1 heterocycles. The van der Waals surface area contributed by atoms with E-state index in [1.807, 2.05) is 0 Å². The minimum absolute atomic E-state index is 0.0146. The van der Waals surface area contributed by atoms with Gasteiger partial charge in [-0.05, 0) is 18.2 Å². The molecule has 0 atom stereocenters. The molecule has 0 bridgehead atoms. The highest BCUT2D eigenvalue weighted by molar-refractivity contribution is 6.37. The predicted octanol–water partition coefficient (Wildman–Crippen LogP) is 2.53. The minimum atomic E-state index is -1.23. The molecule has 0 unspecified atom stereocenters. The Labute approximate surface area is 123 Å². The number of anilines is 1. The van der Waals surface area contributed by atoms with Gasteiger partial charge in [0.1, 0.15) is 6.54 Å². The number of nitrogens with zero attached hydrogens (tertiary/aromatic N) is 2. The van der Waals surface area contributed by atoms with E-state index in [9.17, 15) is 9.59 Å². The number of nitrogens with one attached hydrogen (secondary N) is 1. The first-order valence-corrected chi connectivity index (χ1v) is 6.22. The van der Waals surface area contributed by atoms with Crippen LogP contribution in [-0.2, 0) is 11.3 Å². The highest BCUT2D eigenvalue weighted by Crippen LogP contribution is 2.30. The number of aromatic carboxylic acids is 1. The Hall–Kier alpha value is -2.05. The van der Waals surface area contributed by atoms with Crippen LogP contribution in [0.2, 0.25) is 10.0 Å². The maximum atomic E-state index is 11.8. The van der Waals surface area contributed by atoms with Crippen molar-refractivity contribution in [3.63, 3.8) is 0 Å². The third-order valence-electron chi connectivity index (χ3n) is 2.41. The summed E-state index contributed by atoms with van der Waals surface area (Å²) in [4.78, 5) is 23.0. The van der Waals surface area contributed by atoms with Gasteiger partial charge in [0, 0.05) is 17.4 Å². The van der Waals surface area contributed by atoms with E-state index in [1.54, 1.807) is 12.3 Å². The molecule has 2 rings (SSSR count). The van der Waals surface area contributed by atoms with Crippen molar-refractivity contribution >= 4 is 40.8 Å². The van der Waals surface area contributed by atoms with Gasteiger partial charge in [-0.2, -0.15) is 5.10 Å². The number of halogens is 2. The lowest BCUT2D eigenvalue weighted by Crippen LogP contribution is -2.20. The van der Waals surface area contributed by atoms with Crippen molar-refractivity contribution in [1.82, 2.24) is 9.78 Å². The normalized spacial score (nSPS) is 10.3. The lowest BCUT2D eigenvalue weighted by molar-refractivity contribution is -0.116. The predicted molar refractivity (Wildman–Crippen MR) is 74.3 cm³/mol. The molecule has 104 valence electrons. The monoisotopic (exact) mass is 313 g/mol. The number of carboxylic acid groups (broad SMARTS) is 1. The zero-order valence-electron chi connectivity index (χ0n) is 10.0. The molecule has 1 aromatic carbocycles. The first kappa shape index (κ1) is 14.4. The van der Waals surface area contributed by atoms with E-state index in [0.717, 1.165) is 0 Å². The van der Waals surface area contributed by atoms with Gasteiger partial charge in [0.25, 0.3) is 0 Å². The second-order valence-electron chi connectivity index (χ2n) is 3.87. The molecule has 0 saturated carbocycles. The topological polar surface area (TPSA) is 84.2 Å². The van der Waals surface area contributed by atoms with Gasteiger partial charge in [0.15, 0.2) is 0 Å². The van der Waals surface area contributed by atoms with Gasteiger partial charge >= 0.3 is 5.97 Å². The Morgan fingerprint density at radius 2 is 2.10 bits per heavy atom. The summed E-state index contributed by atoms with van der Waals surface area (Å²) in [5, 5.41) is 15.7. The van der Waals surface area contributed by atoms with Gasteiger partial charge in [-0.15, -0.1) is 0 Å². The van der Waals surface area contributed by atoms with E-state index < -0.39 is 11.9 Å².